The average molecular weight is 458 g/mol. The molecule has 0 radical (unpaired) electrons. The number of benzene rings is 1. The first-order valence-corrected chi connectivity index (χ1v) is 11.4. The van der Waals surface area contributed by atoms with E-state index in [1.807, 2.05) is 18.2 Å². The molecule has 2 heterocycles. The Hall–Kier alpha value is -2.87. The first-order valence-electron chi connectivity index (χ1n) is 11.0. The molecule has 2 N–H and O–H groups in total. The maximum atomic E-state index is 13.1. The number of rotatable bonds is 5. The number of fused-ring (bicyclic) bond motifs is 1. The molecule has 2 aromatic rings. The van der Waals surface area contributed by atoms with E-state index in [0.29, 0.717) is 10.7 Å². The van der Waals surface area contributed by atoms with Gasteiger partial charge in [-0.3, -0.25) is 19.1 Å². The van der Waals surface area contributed by atoms with E-state index >= 15 is 0 Å². The number of nitrogens with zero attached hydrogens (tertiary/aromatic N) is 3. The molecule has 3 amide bonds. The zero-order valence-corrected chi connectivity index (χ0v) is 19.1. The normalized spacial score (nSPS) is 21.2. The van der Waals surface area contributed by atoms with Gasteiger partial charge < -0.3 is 15.5 Å². The monoisotopic (exact) mass is 457 g/mol. The van der Waals surface area contributed by atoms with Crippen molar-refractivity contribution in [2.45, 2.75) is 63.7 Å². The molecule has 1 aromatic carbocycles. The van der Waals surface area contributed by atoms with Crippen LogP contribution in [0.15, 0.2) is 30.3 Å². The highest BCUT2D eigenvalue weighted by atomic mass is 35.5. The van der Waals surface area contributed by atoms with E-state index in [0.717, 1.165) is 31.2 Å². The molecule has 1 saturated carbocycles. The first-order chi connectivity index (χ1) is 15.3. The molecule has 2 aliphatic rings. The smallest absolute Gasteiger partial charge is 0.272 e. The van der Waals surface area contributed by atoms with Crippen molar-refractivity contribution in [3.8, 4) is 0 Å². The lowest BCUT2D eigenvalue weighted by molar-refractivity contribution is -0.133. The van der Waals surface area contributed by atoms with E-state index in [9.17, 15) is 14.4 Å². The van der Waals surface area contributed by atoms with Crippen LogP contribution in [0.25, 0.3) is 0 Å². The Labute approximate surface area is 192 Å². The van der Waals surface area contributed by atoms with Gasteiger partial charge in [0.15, 0.2) is 5.69 Å². The minimum atomic E-state index is -1.08. The second-order valence-electron chi connectivity index (χ2n) is 8.79. The molecule has 9 heteroatoms. The van der Waals surface area contributed by atoms with Crippen molar-refractivity contribution in [3.05, 3.63) is 52.3 Å². The van der Waals surface area contributed by atoms with Gasteiger partial charge in [-0.05, 0) is 31.4 Å². The van der Waals surface area contributed by atoms with Gasteiger partial charge in [0.25, 0.3) is 11.8 Å². The molecule has 0 unspecified atom stereocenters. The summed E-state index contributed by atoms with van der Waals surface area (Å²) in [6, 6.07) is 8.86. The molecule has 8 nitrogen and oxygen atoms in total. The Morgan fingerprint density at radius 2 is 1.94 bits per heavy atom. The maximum Gasteiger partial charge on any atom is 0.272 e. The zero-order chi connectivity index (χ0) is 22.9. The van der Waals surface area contributed by atoms with Gasteiger partial charge in [-0.25, -0.2) is 0 Å². The number of likely N-dealkylation sites (N-methyl/N-ethyl adjacent to an activating group) is 1. The van der Waals surface area contributed by atoms with Crippen LogP contribution in [0, 0.1) is 0 Å². The average Bonchev–Trinajstić information content (AvgIpc) is 3.21. The molecule has 1 atom stereocenters. The van der Waals surface area contributed by atoms with E-state index in [2.05, 4.69) is 15.7 Å². The van der Waals surface area contributed by atoms with Crippen molar-refractivity contribution >= 4 is 29.3 Å². The third kappa shape index (κ3) is 4.24. The summed E-state index contributed by atoms with van der Waals surface area (Å²) in [5, 5.41) is 10.8. The third-order valence-electron chi connectivity index (χ3n) is 6.56. The number of hydrogen-bond acceptors (Lipinski definition) is 4. The minimum Gasteiger partial charge on any atom is -0.351 e. The molecule has 0 saturated heterocycles. The topological polar surface area (TPSA) is 96.3 Å². The van der Waals surface area contributed by atoms with Crippen molar-refractivity contribution in [2.24, 2.45) is 0 Å². The number of amides is 3. The van der Waals surface area contributed by atoms with E-state index < -0.39 is 11.4 Å². The molecule has 1 fully saturated rings. The van der Waals surface area contributed by atoms with Crippen molar-refractivity contribution < 1.29 is 14.4 Å². The van der Waals surface area contributed by atoms with E-state index in [-0.39, 0.29) is 36.6 Å². The lowest BCUT2D eigenvalue weighted by Gasteiger charge is -2.41. The molecule has 0 bridgehead atoms. The van der Waals surface area contributed by atoms with Crippen LogP contribution in [0.4, 0.5) is 0 Å². The molecule has 1 aromatic heterocycles. The van der Waals surface area contributed by atoms with E-state index in [1.54, 1.807) is 20.0 Å². The highest BCUT2D eigenvalue weighted by Crippen LogP contribution is 2.27. The Morgan fingerprint density at radius 3 is 2.66 bits per heavy atom. The molecular formula is C23H28ClN5O3. The quantitative estimate of drug-likeness (QED) is 0.721. The fourth-order valence-electron chi connectivity index (χ4n) is 4.33. The summed E-state index contributed by atoms with van der Waals surface area (Å²) in [6.45, 7) is 2.17. The van der Waals surface area contributed by atoms with Crippen molar-refractivity contribution in [1.82, 2.24) is 25.3 Å². The number of hydrogen-bond donors (Lipinski definition) is 2. The van der Waals surface area contributed by atoms with Gasteiger partial charge in [0.05, 0.1) is 6.54 Å². The summed E-state index contributed by atoms with van der Waals surface area (Å²) in [7, 11) is 1.62. The van der Waals surface area contributed by atoms with Crippen LogP contribution in [-0.2, 0) is 17.9 Å². The summed E-state index contributed by atoms with van der Waals surface area (Å²) in [5.74, 6) is -0.933. The summed E-state index contributed by atoms with van der Waals surface area (Å²) < 4.78 is 1.47. The first kappa shape index (κ1) is 22.3. The van der Waals surface area contributed by atoms with E-state index in [1.165, 1.54) is 22.1 Å². The SMILES string of the molecule is CN1C(=O)c2cc(C(=O)NCc3ccccc3Cl)nn2C[C@@]1(C)C(=O)NC1CCCCC1. The van der Waals surface area contributed by atoms with Crippen LogP contribution in [-0.4, -0.2) is 51.0 Å². The Balaban J connectivity index is 1.49. The van der Waals surface area contributed by atoms with Gasteiger partial charge >= 0.3 is 0 Å². The van der Waals surface area contributed by atoms with Crippen LogP contribution < -0.4 is 10.6 Å². The van der Waals surface area contributed by atoms with Gasteiger partial charge in [-0.1, -0.05) is 49.1 Å². The lowest BCUT2D eigenvalue weighted by atomic mass is 9.92. The second-order valence-corrected chi connectivity index (χ2v) is 9.20. The van der Waals surface area contributed by atoms with Gasteiger partial charge in [0, 0.05) is 30.7 Å². The van der Waals surface area contributed by atoms with E-state index in [4.69, 9.17) is 11.6 Å². The maximum absolute atomic E-state index is 13.1. The van der Waals surface area contributed by atoms with Crippen molar-refractivity contribution in [1.29, 1.82) is 0 Å². The predicted molar refractivity (Wildman–Crippen MR) is 120 cm³/mol. The van der Waals surface area contributed by atoms with Crippen molar-refractivity contribution in [2.75, 3.05) is 7.05 Å². The zero-order valence-electron chi connectivity index (χ0n) is 18.4. The summed E-state index contributed by atoms with van der Waals surface area (Å²) in [6.07, 6.45) is 5.32. The minimum absolute atomic E-state index is 0.130. The van der Waals surface area contributed by atoms with Gasteiger partial charge in [0.1, 0.15) is 11.2 Å². The Kier molecular flexibility index (Phi) is 6.24. The molecule has 170 valence electrons. The van der Waals surface area contributed by atoms with Crippen molar-refractivity contribution in [3.63, 3.8) is 0 Å². The van der Waals surface area contributed by atoms with Gasteiger partial charge in [-0.15, -0.1) is 0 Å². The largest absolute Gasteiger partial charge is 0.351 e. The van der Waals surface area contributed by atoms with Gasteiger partial charge in [-0.2, -0.15) is 5.10 Å². The highest BCUT2D eigenvalue weighted by molar-refractivity contribution is 6.31. The fraction of sp³-hybridized carbons (Fsp3) is 0.478. The number of aromatic nitrogens is 2. The van der Waals surface area contributed by atoms with Crippen LogP contribution in [0.5, 0.6) is 0 Å². The summed E-state index contributed by atoms with van der Waals surface area (Å²) >= 11 is 6.14. The van der Waals surface area contributed by atoms with Crippen LogP contribution >= 0.6 is 11.6 Å². The van der Waals surface area contributed by atoms with Gasteiger partial charge in [0.2, 0.25) is 5.91 Å². The standard InChI is InChI=1S/C23H28ClN5O3/c1-23(22(32)26-16-9-4-3-5-10-16)14-29-19(21(31)28(23)2)12-18(27-29)20(30)25-13-15-8-6-7-11-17(15)24/h6-8,11-12,16H,3-5,9-10,13-14H2,1-2H3,(H,25,30)(H,26,32)/t23-/m0/s1. The van der Waals surface area contributed by atoms with Crippen LogP contribution in [0.3, 0.4) is 0 Å². The second kappa shape index (κ2) is 8.94. The lowest BCUT2D eigenvalue weighted by Crippen LogP contribution is -2.63. The van der Waals surface area contributed by atoms with Crippen LogP contribution in [0.1, 0.15) is 65.6 Å². The number of halogens is 1. The summed E-state index contributed by atoms with van der Waals surface area (Å²) in [4.78, 5) is 40.3. The molecule has 1 aliphatic carbocycles. The fourth-order valence-corrected chi connectivity index (χ4v) is 4.54. The van der Waals surface area contributed by atoms with Crippen LogP contribution in [0.2, 0.25) is 5.02 Å². The number of carbonyl (C=O) groups is 3. The Bertz CT molecular complexity index is 1050. The Morgan fingerprint density at radius 1 is 1.22 bits per heavy atom. The number of nitrogens with one attached hydrogen (secondary N) is 2. The third-order valence-corrected chi connectivity index (χ3v) is 6.93. The number of carbonyl (C=O) groups excluding carboxylic acids is 3. The molecule has 0 spiro atoms. The highest BCUT2D eigenvalue weighted by Gasteiger charge is 2.46. The summed E-state index contributed by atoms with van der Waals surface area (Å²) in [5.41, 5.74) is 0.122. The molecule has 32 heavy (non-hydrogen) atoms. The molecule has 4 rings (SSSR count). The molecular weight excluding hydrogens is 430 g/mol. The molecule has 1 aliphatic heterocycles. The predicted octanol–water partition coefficient (Wildman–Crippen LogP) is 2.76.